The Hall–Kier alpha value is -1.85. The number of hydrogen-bond acceptors (Lipinski definition) is 5. The second kappa shape index (κ2) is 3.96. The Bertz CT molecular complexity index is 427. The molecule has 0 radical (unpaired) electrons. The van der Waals surface area contributed by atoms with Crippen molar-refractivity contribution in [2.24, 2.45) is 10.7 Å². The molecule has 0 saturated heterocycles. The number of hydroxylamine groups is 2. The van der Waals surface area contributed by atoms with E-state index >= 15 is 0 Å². The van der Waals surface area contributed by atoms with Crippen LogP contribution in [0.4, 0.5) is 0 Å². The van der Waals surface area contributed by atoms with Gasteiger partial charge in [-0.15, -0.1) is 0 Å². The van der Waals surface area contributed by atoms with Gasteiger partial charge in [-0.1, -0.05) is 17.7 Å². The Balaban J connectivity index is 2.17. The lowest BCUT2D eigenvalue weighted by Gasteiger charge is -2.32. The van der Waals surface area contributed by atoms with E-state index in [1.54, 1.807) is 18.2 Å². The van der Waals surface area contributed by atoms with Gasteiger partial charge < -0.3 is 4.74 Å². The maximum Gasteiger partial charge on any atom is 0.366 e. The van der Waals surface area contributed by atoms with E-state index in [2.05, 4.69) is 4.99 Å². The van der Waals surface area contributed by atoms with Gasteiger partial charge in [0.2, 0.25) is 0 Å². The fourth-order valence-electron chi connectivity index (χ4n) is 1.29. The van der Waals surface area contributed by atoms with Crippen LogP contribution < -0.4 is 10.5 Å². The fraction of sp³-hybridized carbons (Fsp3) is 0.182. The van der Waals surface area contributed by atoms with Crippen molar-refractivity contribution in [2.75, 3.05) is 0 Å². The van der Waals surface area contributed by atoms with Gasteiger partial charge in [-0.2, -0.15) is 5.06 Å². The van der Waals surface area contributed by atoms with Crippen LogP contribution in [-0.2, 0) is 0 Å². The maximum atomic E-state index is 9.53. The smallest absolute Gasteiger partial charge is 0.366 e. The largest absolute Gasteiger partial charge is 0.434 e. The zero-order chi connectivity index (χ0) is 11.6. The molecule has 5 heteroatoms. The summed E-state index contributed by atoms with van der Waals surface area (Å²) in [5.74, 6) is -1.05. The Morgan fingerprint density at radius 2 is 2.06 bits per heavy atom. The number of benzene rings is 1. The first-order valence-electron chi connectivity index (χ1n) is 4.85. The van der Waals surface area contributed by atoms with E-state index < -0.39 is 5.97 Å². The number of ether oxygens (including phenoxy) is 1. The summed E-state index contributed by atoms with van der Waals surface area (Å²) in [4.78, 5) is 3.88. The van der Waals surface area contributed by atoms with E-state index in [4.69, 9.17) is 10.5 Å². The molecule has 0 spiro atoms. The van der Waals surface area contributed by atoms with Crippen molar-refractivity contribution in [3.05, 3.63) is 42.1 Å². The molecule has 1 atom stereocenters. The van der Waals surface area contributed by atoms with E-state index in [1.165, 1.54) is 12.4 Å². The normalized spacial score (nSPS) is 23.6. The molecule has 0 bridgehead atoms. The Morgan fingerprint density at radius 3 is 2.69 bits per heavy atom. The molecule has 0 fully saturated rings. The van der Waals surface area contributed by atoms with Crippen LogP contribution in [0.15, 0.2) is 41.5 Å². The molecule has 0 amide bonds. The molecule has 84 valence electrons. The van der Waals surface area contributed by atoms with Gasteiger partial charge in [0, 0.05) is 12.4 Å². The molecule has 1 aromatic carbocycles. The van der Waals surface area contributed by atoms with Gasteiger partial charge in [0.05, 0.1) is 0 Å². The van der Waals surface area contributed by atoms with E-state index in [9.17, 15) is 5.21 Å². The van der Waals surface area contributed by atoms with Crippen LogP contribution in [0.25, 0.3) is 0 Å². The summed E-state index contributed by atoms with van der Waals surface area (Å²) < 4.78 is 5.41. The maximum absolute atomic E-state index is 9.53. The third-order valence-electron chi connectivity index (χ3n) is 2.19. The van der Waals surface area contributed by atoms with E-state index in [0.717, 1.165) is 5.56 Å². The zero-order valence-electron chi connectivity index (χ0n) is 8.87. The molecule has 5 nitrogen and oxygen atoms in total. The average molecular weight is 219 g/mol. The Labute approximate surface area is 93.4 Å². The number of nitrogens with zero attached hydrogens (tertiary/aromatic N) is 2. The summed E-state index contributed by atoms with van der Waals surface area (Å²) in [6, 6.07) is 7.32. The Kier molecular flexibility index (Phi) is 2.64. The summed E-state index contributed by atoms with van der Waals surface area (Å²) in [6.45, 7) is 1.97. The van der Waals surface area contributed by atoms with E-state index in [-0.39, 0.29) is 0 Å². The SMILES string of the molecule is Cc1ccc(OC2(N)N=CC=CN2O)cc1. The van der Waals surface area contributed by atoms with Gasteiger partial charge >= 0.3 is 5.97 Å². The topological polar surface area (TPSA) is 71.1 Å². The highest BCUT2D eigenvalue weighted by Crippen LogP contribution is 2.20. The minimum absolute atomic E-state index is 0.541. The summed E-state index contributed by atoms with van der Waals surface area (Å²) in [5, 5.41) is 10.2. The lowest BCUT2D eigenvalue weighted by Crippen LogP contribution is -2.56. The van der Waals surface area contributed by atoms with Crippen molar-refractivity contribution >= 4 is 6.21 Å². The highest BCUT2D eigenvalue weighted by molar-refractivity contribution is 5.72. The second-order valence-corrected chi connectivity index (χ2v) is 3.54. The van der Waals surface area contributed by atoms with Crippen molar-refractivity contribution in [3.8, 4) is 5.75 Å². The monoisotopic (exact) mass is 219 g/mol. The molecule has 0 aromatic heterocycles. The number of aliphatic imine (C=N–C) groups is 1. The molecule has 2 rings (SSSR count). The van der Waals surface area contributed by atoms with Crippen molar-refractivity contribution in [3.63, 3.8) is 0 Å². The quantitative estimate of drug-likeness (QED) is 0.734. The molecular weight excluding hydrogens is 206 g/mol. The lowest BCUT2D eigenvalue weighted by atomic mass is 10.2. The molecule has 0 saturated carbocycles. The van der Waals surface area contributed by atoms with E-state index in [1.807, 2.05) is 19.1 Å². The molecule has 1 heterocycles. The summed E-state index contributed by atoms with van der Waals surface area (Å²) in [7, 11) is 0. The summed E-state index contributed by atoms with van der Waals surface area (Å²) in [6.07, 6.45) is 4.41. The third kappa shape index (κ3) is 2.05. The van der Waals surface area contributed by atoms with Crippen molar-refractivity contribution < 1.29 is 9.94 Å². The summed E-state index contributed by atoms with van der Waals surface area (Å²) in [5.41, 5.74) is 6.89. The van der Waals surface area contributed by atoms with Gasteiger partial charge in [-0.25, -0.2) is 4.99 Å². The molecule has 1 unspecified atom stereocenters. The number of rotatable bonds is 2. The number of hydrogen-bond donors (Lipinski definition) is 2. The Morgan fingerprint density at radius 1 is 1.38 bits per heavy atom. The minimum atomic E-state index is -1.59. The predicted molar refractivity (Wildman–Crippen MR) is 60.0 cm³/mol. The molecule has 1 aromatic rings. The van der Waals surface area contributed by atoms with Crippen LogP contribution in [0, 0.1) is 6.92 Å². The van der Waals surface area contributed by atoms with Gasteiger partial charge in [0.25, 0.3) is 0 Å². The lowest BCUT2D eigenvalue weighted by molar-refractivity contribution is -0.210. The average Bonchev–Trinajstić information content (AvgIpc) is 2.26. The van der Waals surface area contributed by atoms with Gasteiger partial charge in [-0.3, -0.25) is 10.9 Å². The van der Waals surface area contributed by atoms with Gasteiger partial charge in [0.1, 0.15) is 5.75 Å². The predicted octanol–water partition coefficient (Wildman–Crippen LogP) is 1.23. The third-order valence-corrected chi connectivity index (χ3v) is 2.19. The first kappa shape index (κ1) is 10.7. The molecular formula is C11H13N3O2. The van der Waals surface area contributed by atoms with E-state index in [0.29, 0.717) is 10.8 Å². The van der Waals surface area contributed by atoms with Crippen LogP contribution in [0.2, 0.25) is 0 Å². The van der Waals surface area contributed by atoms with Crippen LogP contribution in [0.3, 0.4) is 0 Å². The molecule has 16 heavy (non-hydrogen) atoms. The molecule has 0 aliphatic carbocycles. The van der Waals surface area contributed by atoms with Crippen LogP contribution >= 0.6 is 0 Å². The standard InChI is InChI=1S/C11H13N3O2/c1-9-3-5-10(6-4-9)16-11(12)13-7-2-8-14(11)15/h2-8,15H,12H2,1H3. The van der Waals surface area contributed by atoms with Gasteiger partial charge in [-0.05, 0) is 25.1 Å². The number of nitrogens with two attached hydrogens (primary N) is 1. The van der Waals surface area contributed by atoms with Crippen molar-refractivity contribution in [2.45, 2.75) is 12.9 Å². The highest BCUT2D eigenvalue weighted by Gasteiger charge is 2.33. The van der Waals surface area contributed by atoms with Crippen LogP contribution in [0.1, 0.15) is 5.56 Å². The first-order valence-corrected chi connectivity index (χ1v) is 4.85. The minimum Gasteiger partial charge on any atom is -0.434 e. The zero-order valence-corrected chi connectivity index (χ0v) is 8.87. The number of allylic oxidation sites excluding steroid dienone is 1. The first-order chi connectivity index (χ1) is 7.60. The highest BCUT2D eigenvalue weighted by atomic mass is 16.6. The molecule has 1 aliphatic heterocycles. The van der Waals surface area contributed by atoms with Crippen molar-refractivity contribution in [1.82, 2.24) is 5.06 Å². The molecule has 1 aliphatic rings. The second-order valence-electron chi connectivity index (χ2n) is 3.54. The van der Waals surface area contributed by atoms with Gasteiger partial charge in [0.15, 0.2) is 0 Å². The summed E-state index contributed by atoms with van der Waals surface area (Å²) >= 11 is 0. The van der Waals surface area contributed by atoms with Crippen LogP contribution in [0.5, 0.6) is 5.75 Å². The van der Waals surface area contributed by atoms with Crippen molar-refractivity contribution in [1.29, 1.82) is 0 Å². The van der Waals surface area contributed by atoms with Crippen LogP contribution in [-0.4, -0.2) is 22.5 Å². The molecule has 3 N–H and O–H groups in total. The fourth-order valence-corrected chi connectivity index (χ4v) is 1.29. The number of aryl methyl sites for hydroxylation is 1.